The number of likely N-dealkylation sites (tertiary alicyclic amines) is 1. The standard InChI is InChI=1S/C16H21N5O2/c17-10-13-5-6-15(19-18-13)21(11-14-4-3-9-23-14)12-16(22)20-7-1-2-8-20/h5-6,14H,1-4,7-9,11-12H2. The van der Waals surface area contributed by atoms with Gasteiger partial charge in [-0.25, -0.2) is 0 Å². The number of carbonyl (C=O) groups excluding carboxylic acids is 1. The Morgan fingerprint density at radius 1 is 1.35 bits per heavy atom. The highest BCUT2D eigenvalue weighted by molar-refractivity contribution is 5.81. The first-order valence-electron chi connectivity index (χ1n) is 8.14. The molecular formula is C16H21N5O2. The number of amides is 1. The lowest BCUT2D eigenvalue weighted by Crippen LogP contribution is -2.42. The molecule has 7 nitrogen and oxygen atoms in total. The Morgan fingerprint density at radius 2 is 2.17 bits per heavy atom. The van der Waals surface area contributed by atoms with Crippen molar-refractivity contribution in [2.24, 2.45) is 0 Å². The molecule has 0 N–H and O–H groups in total. The van der Waals surface area contributed by atoms with E-state index in [4.69, 9.17) is 10.00 Å². The third-order valence-corrected chi connectivity index (χ3v) is 4.32. The van der Waals surface area contributed by atoms with Gasteiger partial charge in [0, 0.05) is 26.2 Å². The molecule has 1 amide bonds. The van der Waals surface area contributed by atoms with E-state index in [1.165, 1.54) is 0 Å². The second kappa shape index (κ2) is 7.38. The molecule has 23 heavy (non-hydrogen) atoms. The number of hydrogen-bond acceptors (Lipinski definition) is 6. The molecule has 0 aliphatic carbocycles. The van der Waals surface area contributed by atoms with Crippen molar-refractivity contribution in [3.63, 3.8) is 0 Å². The summed E-state index contributed by atoms with van der Waals surface area (Å²) < 4.78 is 5.69. The summed E-state index contributed by atoms with van der Waals surface area (Å²) in [6, 6.07) is 5.34. The second-order valence-corrected chi connectivity index (χ2v) is 5.99. The molecule has 7 heteroatoms. The largest absolute Gasteiger partial charge is 0.376 e. The molecule has 2 saturated heterocycles. The zero-order valence-electron chi connectivity index (χ0n) is 13.1. The van der Waals surface area contributed by atoms with Gasteiger partial charge in [0.15, 0.2) is 11.5 Å². The lowest BCUT2D eigenvalue weighted by Gasteiger charge is -2.27. The molecule has 0 spiro atoms. The van der Waals surface area contributed by atoms with Gasteiger partial charge in [-0.15, -0.1) is 10.2 Å². The van der Waals surface area contributed by atoms with Gasteiger partial charge < -0.3 is 14.5 Å². The summed E-state index contributed by atoms with van der Waals surface area (Å²) in [5.74, 6) is 0.735. The Morgan fingerprint density at radius 3 is 2.78 bits per heavy atom. The fraction of sp³-hybridized carbons (Fsp3) is 0.625. The van der Waals surface area contributed by atoms with E-state index < -0.39 is 0 Å². The lowest BCUT2D eigenvalue weighted by atomic mass is 10.2. The Balaban J connectivity index is 1.71. The fourth-order valence-electron chi connectivity index (χ4n) is 3.06. The van der Waals surface area contributed by atoms with Gasteiger partial charge in [-0.05, 0) is 37.8 Å². The molecule has 1 atom stereocenters. The predicted molar refractivity (Wildman–Crippen MR) is 83.7 cm³/mol. The van der Waals surface area contributed by atoms with Gasteiger partial charge in [0.25, 0.3) is 0 Å². The first kappa shape index (κ1) is 15.7. The predicted octanol–water partition coefficient (Wildman–Crippen LogP) is 0.956. The summed E-state index contributed by atoms with van der Waals surface area (Å²) >= 11 is 0. The summed E-state index contributed by atoms with van der Waals surface area (Å²) in [5.41, 5.74) is 0.275. The summed E-state index contributed by atoms with van der Waals surface area (Å²) in [5, 5.41) is 16.8. The second-order valence-electron chi connectivity index (χ2n) is 5.99. The minimum Gasteiger partial charge on any atom is -0.376 e. The van der Waals surface area contributed by atoms with Crippen molar-refractivity contribution < 1.29 is 9.53 Å². The minimum atomic E-state index is 0.117. The Hall–Kier alpha value is -2.20. The normalized spacial score (nSPS) is 20.5. The fourth-order valence-corrected chi connectivity index (χ4v) is 3.06. The van der Waals surface area contributed by atoms with Gasteiger partial charge in [-0.2, -0.15) is 5.26 Å². The third-order valence-electron chi connectivity index (χ3n) is 4.32. The van der Waals surface area contributed by atoms with E-state index in [-0.39, 0.29) is 24.2 Å². The Kier molecular flexibility index (Phi) is 5.03. The number of aromatic nitrogens is 2. The topological polar surface area (TPSA) is 82.4 Å². The molecule has 2 aliphatic heterocycles. The van der Waals surface area contributed by atoms with Gasteiger partial charge in [-0.1, -0.05) is 0 Å². The number of carbonyl (C=O) groups is 1. The molecule has 1 unspecified atom stereocenters. The summed E-state index contributed by atoms with van der Waals surface area (Å²) in [4.78, 5) is 16.3. The maximum atomic E-state index is 12.5. The van der Waals surface area contributed by atoms with Gasteiger partial charge in [0.05, 0.1) is 12.6 Å². The van der Waals surface area contributed by atoms with Gasteiger partial charge in [0.1, 0.15) is 6.07 Å². The quantitative estimate of drug-likeness (QED) is 0.805. The zero-order valence-corrected chi connectivity index (χ0v) is 13.1. The van der Waals surface area contributed by atoms with Crippen LogP contribution in [0.3, 0.4) is 0 Å². The monoisotopic (exact) mass is 315 g/mol. The average Bonchev–Trinajstić information content (AvgIpc) is 3.28. The average molecular weight is 315 g/mol. The molecule has 0 saturated carbocycles. The van der Waals surface area contributed by atoms with Gasteiger partial charge in [0.2, 0.25) is 5.91 Å². The highest BCUT2D eigenvalue weighted by Crippen LogP contribution is 2.18. The zero-order chi connectivity index (χ0) is 16.1. The highest BCUT2D eigenvalue weighted by Gasteiger charge is 2.25. The van der Waals surface area contributed by atoms with Crippen LogP contribution >= 0.6 is 0 Å². The molecule has 122 valence electrons. The molecule has 3 rings (SSSR count). The molecule has 2 fully saturated rings. The molecule has 0 radical (unpaired) electrons. The summed E-state index contributed by atoms with van der Waals surface area (Å²) in [6.45, 7) is 3.36. The van der Waals surface area contributed by atoms with Crippen molar-refractivity contribution in [1.29, 1.82) is 5.26 Å². The number of nitriles is 1. The molecule has 3 heterocycles. The van der Waals surface area contributed by atoms with E-state index in [0.717, 1.165) is 45.4 Å². The maximum absolute atomic E-state index is 12.5. The van der Waals surface area contributed by atoms with Crippen LogP contribution in [0.1, 0.15) is 31.4 Å². The molecule has 0 bridgehead atoms. The van der Waals surface area contributed by atoms with Crippen LogP contribution in [0.2, 0.25) is 0 Å². The van der Waals surface area contributed by atoms with E-state index in [0.29, 0.717) is 12.4 Å². The van der Waals surface area contributed by atoms with Crippen LogP contribution in [-0.2, 0) is 9.53 Å². The lowest BCUT2D eigenvalue weighted by molar-refractivity contribution is -0.128. The minimum absolute atomic E-state index is 0.117. The number of nitrogens with zero attached hydrogens (tertiary/aromatic N) is 5. The summed E-state index contributed by atoms with van der Waals surface area (Å²) in [7, 11) is 0. The van der Waals surface area contributed by atoms with E-state index in [1.807, 2.05) is 15.9 Å². The van der Waals surface area contributed by atoms with Gasteiger partial charge >= 0.3 is 0 Å². The van der Waals surface area contributed by atoms with Crippen LogP contribution in [0.4, 0.5) is 5.82 Å². The first-order valence-corrected chi connectivity index (χ1v) is 8.14. The third kappa shape index (κ3) is 3.96. The summed E-state index contributed by atoms with van der Waals surface area (Å²) in [6.07, 6.45) is 4.33. The van der Waals surface area contributed by atoms with Crippen LogP contribution in [0.5, 0.6) is 0 Å². The smallest absolute Gasteiger partial charge is 0.242 e. The van der Waals surface area contributed by atoms with Crippen molar-refractivity contribution in [2.75, 3.05) is 37.7 Å². The molecule has 0 aromatic carbocycles. The number of hydrogen-bond donors (Lipinski definition) is 0. The van der Waals surface area contributed by atoms with Crippen LogP contribution in [0.25, 0.3) is 0 Å². The van der Waals surface area contributed by atoms with Crippen molar-refractivity contribution in [3.8, 4) is 6.07 Å². The van der Waals surface area contributed by atoms with Crippen LogP contribution in [0.15, 0.2) is 12.1 Å². The van der Waals surface area contributed by atoms with Crippen molar-refractivity contribution in [3.05, 3.63) is 17.8 Å². The van der Waals surface area contributed by atoms with E-state index in [1.54, 1.807) is 12.1 Å². The van der Waals surface area contributed by atoms with Crippen LogP contribution in [0, 0.1) is 11.3 Å². The molecule has 1 aromatic heterocycles. The molecular weight excluding hydrogens is 294 g/mol. The van der Waals surface area contributed by atoms with Crippen molar-refractivity contribution >= 4 is 11.7 Å². The number of ether oxygens (including phenoxy) is 1. The van der Waals surface area contributed by atoms with Crippen molar-refractivity contribution in [1.82, 2.24) is 15.1 Å². The van der Waals surface area contributed by atoms with Crippen molar-refractivity contribution in [2.45, 2.75) is 31.8 Å². The molecule has 2 aliphatic rings. The Bertz CT molecular complexity index is 571. The number of anilines is 1. The molecule has 1 aromatic rings. The highest BCUT2D eigenvalue weighted by atomic mass is 16.5. The number of rotatable bonds is 5. The first-order chi connectivity index (χ1) is 11.3. The SMILES string of the molecule is N#Cc1ccc(N(CC(=O)N2CCCC2)CC2CCCO2)nn1. The van der Waals surface area contributed by atoms with Crippen LogP contribution in [-0.4, -0.2) is 59.9 Å². The van der Waals surface area contributed by atoms with Crippen LogP contribution < -0.4 is 4.90 Å². The Labute approximate surface area is 135 Å². The van der Waals surface area contributed by atoms with Gasteiger partial charge in [-0.3, -0.25) is 4.79 Å². The maximum Gasteiger partial charge on any atom is 0.242 e. The van der Waals surface area contributed by atoms with E-state index in [2.05, 4.69) is 10.2 Å². The van der Waals surface area contributed by atoms with E-state index >= 15 is 0 Å². The van der Waals surface area contributed by atoms with E-state index in [9.17, 15) is 4.79 Å².